The molecule has 1 heterocycles. The van der Waals surface area contributed by atoms with Crippen LogP contribution in [0.1, 0.15) is 30.9 Å². The molecule has 1 aliphatic heterocycles. The number of benzene rings is 1. The third-order valence-corrected chi connectivity index (χ3v) is 3.81. The van der Waals surface area contributed by atoms with E-state index in [1.54, 1.807) is 4.90 Å². The summed E-state index contributed by atoms with van der Waals surface area (Å²) in [5.74, 6) is -0.0778. The van der Waals surface area contributed by atoms with Crippen LogP contribution in [-0.2, 0) is 9.53 Å². The number of oxime groups is 1. The van der Waals surface area contributed by atoms with Gasteiger partial charge in [0.2, 0.25) is 0 Å². The van der Waals surface area contributed by atoms with Crippen molar-refractivity contribution in [3.8, 4) is 0 Å². The van der Waals surface area contributed by atoms with E-state index in [1.165, 1.54) is 7.11 Å². The van der Waals surface area contributed by atoms with E-state index in [0.717, 1.165) is 18.4 Å². The van der Waals surface area contributed by atoms with Gasteiger partial charge in [-0.25, -0.2) is 0 Å². The zero-order valence-electron chi connectivity index (χ0n) is 12.1. The summed E-state index contributed by atoms with van der Waals surface area (Å²) in [6.07, 6.45) is 1.89. The van der Waals surface area contributed by atoms with Crippen LogP contribution in [0.4, 0.5) is 0 Å². The average Bonchev–Trinajstić information content (AvgIpc) is 2.55. The second kappa shape index (κ2) is 7.08. The van der Waals surface area contributed by atoms with Crippen LogP contribution in [0, 0.1) is 0 Å². The van der Waals surface area contributed by atoms with Gasteiger partial charge in [0.1, 0.15) is 0 Å². The second-order valence-electron chi connectivity index (χ2n) is 5.09. The molecule has 3 N–H and O–H groups in total. The molecule has 2 unspecified atom stereocenters. The molecular weight excluding hydrogens is 270 g/mol. The first-order valence-electron chi connectivity index (χ1n) is 7.04. The van der Waals surface area contributed by atoms with Gasteiger partial charge >= 0.3 is 0 Å². The number of amidine groups is 1. The molecule has 1 aromatic carbocycles. The highest BCUT2D eigenvalue weighted by Gasteiger charge is 2.34. The molecule has 0 spiro atoms. The van der Waals surface area contributed by atoms with Crippen molar-refractivity contribution in [3.05, 3.63) is 35.9 Å². The van der Waals surface area contributed by atoms with Gasteiger partial charge in [0.25, 0.3) is 5.91 Å². The molecular formula is C15H21N3O3. The first-order valence-corrected chi connectivity index (χ1v) is 7.04. The lowest BCUT2D eigenvalue weighted by molar-refractivity contribution is -0.144. The van der Waals surface area contributed by atoms with E-state index in [9.17, 15) is 4.79 Å². The van der Waals surface area contributed by atoms with E-state index >= 15 is 0 Å². The predicted octanol–water partition coefficient (Wildman–Crippen LogP) is 1.50. The van der Waals surface area contributed by atoms with Crippen LogP contribution in [0.5, 0.6) is 0 Å². The van der Waals surface area contributed by atoms with Crippen LogP contribution in [0.15, 0.2) is 35.5 Å². The van der Waals surface area contributed by atoms with E-state index in [1.807, 2.05) is 30.3 Å². The monoisotopic (exact) mass is 291 g/mol. The number of nitrogens with two attached hydrogens (primary N) is 1. The van der Waals surface area contributed by atoms with Gasteiger partial charge in [0.15, 0.2) is 11.9 Å². The van der Waals surface area contributed by atoms with E-state index in [-0.39, 0.29) is 17.8 Å². The van der Waals surface area contributed by atoms with Crippen molar-refractivity contribution in [2.24, 2.45) is 10.9 Å². The van der Waals surface area contributed by atoms with Crippen molar-refractivity contribution in [1.29, 1.82) is 0 Å². The summed E-state index contributed by atoms with van der Waals surface area (Å²) < 4.78 is 5.38. The maximum absolute atomic E-state index is 12.8. The van der Waals surface area contributed by atoms with Gasteiger partial charge in [-0.2, -0.15) is 0 Å². The molecule has 114 valence electrons. The molecule has 1 saturated heterocycles. The van der Waals surface area contributed by atoms with Crippen LogP contribution in [0.2, 0.25) is 0 Å². The molecule has 21 heavy (non-hydrogen) atoms. The third kappa shape index (κ3) is 3.33. The second-order valence-corrected chi connectivity index (χ2v) is 5.09. The molecule has 1 amide bonds. The summed E-state index contributed by atoms with van der Waals surface area (Å²) in [7, 11) is 1.51. The van der Waals surface area contributed by atoms with Crippen molar-refractivity contribution in [1.82, 2.24) is 4.90 Å². The van der Waals surface area contributed by atoms with Gasteiger partial charge in [-0.3, -0.25) is 4.79 Å². The van der Waals surface area contributed by atoms with Gasteiger partial charge in [-0.05, 0) is 24.8 Å². The van der Waals surface area contributed by atoms with Gasteiger partial charge in [-0.15, -0.1) is 0 Å². The number of hydrogen-bond donors (Lipinski definition) is 2. The molecule has 6 nitrogen and oxygen atoms in total. The maximum Gasteiger partial charge on any atom is 0.256 e. The number of methoxy groups -OCH3 is 1. The average molecular weight is 291 g/mol. The molecule has 1 aliphatic rings. The normalized spacial score (nSPS) is 21.1. The first kappa shape index (κ1) is 15.3. The van der Waals surface area contributed by atoms with Crippen molar-refractivity contribution in [2.75, 3.05) is 13.7 Å². The highest BCUT2D eigenvalue weighted by Crippen LogP contribution is 2.25. The lowest BCUT2D eigenvalue weighted by Gasteiger charge is -2.36. The SMILES string of the molecule is COC(C(=O)N1CCCCC1C(N)=NO)c1ccccc1. The number of carbonyl (C=O) groups is 1. The highest BCUT2D eigenvalue weighted by atomic mass is 16.5. The van der Waals surface area contributed by atoms with E-state index < -0.39 is 6.10 Å². The topological polar surface area (TPSA) is 88.2 Å². The molecule has 0 saturated carbocycles. The molecule has 0 bridgehead atoms. The molecule has 0 aliphatic carbocycles. The van der Waals surface area contributed by atoms with E-state index in [0.29, 0.717) is 13.0 Å². The number of ether oxygens (including phenoxy) is 1. The number of likely N-dealkylation sites (tertiary alicyclic amines) is 1. The Morgan fingerprint density at radius 1 is 1.43 bits per heavy atom. The minimum atomic E-state index is -0.668. The molecule has 6 heteroatoms. The van der Waals surface area contributed by atoms with Crippen LogP contribution in [0.25, 0.3) is 0 Å². The molecule has 0 aromatic heterocycles. The standard InChI is InChI=1S/C15H21N3O3/c1-21-13(11-7-3-2-4-8-11)15(19)18-10-6-5-9-12(18)14(16)17-20/h2-4,7-8,12-13,20H,5-6,9-10H2,1H3,(H2,16,17). The number of rotatable bonds is 4. The molecule has 0 radical (unpaired) electrons. The van der Waals surface area contributed by atoms with Gasteiger partial charge in [0.05, 0.1) is 6.04 Å². The molecule has 2 atom stereocenters. The Kier molecular flexibility index (Phi) is 5.16. The summed E-state index contributed by atoms with van der Waals surface area (Å²) >= 11 is 0. The number of amides is 1. The zero-order chi connectivity index (χ0) is 15.2. The zero-order valence-corrected chi connectivity index (χ0v) is 12.1. The Hall–Kier alpha value is -2.08. The van der Waals surface area contributed by atoms with E-state index in [4.69, 9.17) is 15.7 Å². The largest absolute Gasteiger partial charge is 0.409 e. The Balaban J connectivity index is 2.23. The third-order valence-electron chi connectivity index (χ3n) is 3.81. The van der Waals surface area contributed by atoms with Crippen LogP contribution in [-0.4, -0.2) is 41.5 Å². The van der Waals surface area contributed by atoms with Crippen molar-refractivity contribution in [3.63, 3.8) is 0 Å². The van der Waals surface area contributed by atoms with Crippen molar-refractivity contribution < 1.29 is 14.7 Å². The minimum Gasteiger partial charge on any atom is -0.409 e. The summed E-state index contributed by atoms with van der Waals surface area (Å²) in [6.45, 7) is 0.590. The summed E-state index contributed by atoms with van der Waals surface area (Å²) in [5.41, 5.74) is 6.52. The lowest BCUT2D eigenvalue weighted by Crippen LogP contribution is -2.52. The molecule has 1 fully saturated rings. The summed E-state index contributed by atoms with van der Waals surface area (Å²) in [4.78, 5) is 14.4. The predicted molar refractivity (Wildman–Crippen MR) is 79.0 cm³/mol. The Morgan fingerprint density at radius 3 is 2.76 bits per heavy atom. The number of carbonyl (C=O) groups excluding carboxylic acids is 1. The van der Waals surface area contributed by atoms with Gasteiger partial charge in [0, 0.05) is 13.7 Å². The van der Waals surface area contributed by atoms with Crippen LogP contribution in [0.3, 0.4) is 0 Å². The fraction of sp³-hybridized carbons (Fsp3) is 0.467. The Bertz CT molecular complexity index is 504. The molecule has 1 aromatic rings. The summed E-state index contributed by atoms with van der Waals surface area (Å²) in [6, 6.07) is 8.97. The fourth-order valence-corrected chi connectivity index (χ4v) is 2.73. The smallest absolute Gasteiger partial charge is 0.256 e. The van der Waals surface area contributed by atoms with Crippen molar-refractivity contribution >= 4 is 11.7 Å². The minimum absolute atomic E-state index is 0.0750. The Labute approximate surface area is 124 Å². The summed E-state index contributed by atoms with van der Waals surface area (Å²) in [5, 5.41) is 12.0. The molecule has 2 rings (SSSR count). The fourth-order valence-electron chi connectivity index (χ4n) is 2.73. The highest BCUT2D eigenvalue weighted by molar-refractivity contribution is 5.91. The lowest BCUT2D eigenvalue weighted by atomic mass is 9.99. The first-order chi connectivity index (χ1) is 10.2. The van der Waals surface area contributed by atoms with Crippen LogP contribution < -0.4 is 5.73 Å². The quantitative estimate of drug-likeness (QED) is 0.381. The van der Waals surface area contributed by atoms with Crippen LogP contribution >= 0.6 is 0 Å². The number of hydrogen-bond acceptors (Lipinski definition) is 4. The van der Waals surface area contributed by atoms with Gasteiger partial charge in [-0.1, -0.05) is 35.5 Å². The number of piperidine rings is 1. The Morgan fingerprint density at radius 2 is 2.14 bits per heavy atom. The number of nitrogens with zero attached hydrogens (tertiary/aromatic N) is 2. The maximum atomic E-state index is 12.8. The van der Waals surface area contributed by atoms with Crippen molar-refractivity contribution in [2.45, 2.75) is 31.4 Å². The van der Waals surface area contributed by atoms with E-state index in [2.05, 4.69) is 5.16 Å². The van der Waals surface area contributed by atoms with Gasteiger partial charge < -0.3 is 20.6 Å².